The number of piperidine rings is 1. The molecule has 0 aromatic heterocycles. The fourth-order valence-corrected chi connectivity index (χ4v) is 4.41. The molecule has 1 aromatic rings. The van der Waals surface area contributed by atoms with Crippen LogP contribution in [0, 0.1) is 11.8 Å². The average Bonchev–Trinajstić information content (AvgIpc) is 2.67. The predicted octanol–water partition coefficient (Wildman–Crippen LogP) is 4.75. The molecule has 2 atom stereocenters. The van der Waals surface area contributed by atoms with Gasteiger partial charge in [0.2, 0.25) is 0 Å². The topological polar surface area (TPSA) is 49.8 Å². The number of carboxylic acids is 1. The minimum Gasteiger partial charge on any atom is -0.481 e. The van der Waals surface area contributed by atoms with Crippen LogP contribution in [-0.2, 0) is 15.7 Å². The van der Waals surface area contributed by atoms with Crippen molar-refractivity contribution >= 4 is 5.97 Å². The van der Waals surface area contributed by atoms with Crippen molar-refractivity contribution in [2.75, 3.05) is 26.3 Å². The minimum atomic E-state index is -4.35. The number of aliphatic carboxylic acids is 1. The number of likely N-dealkylation sites (tertiary alicyclic amines) is 1. The molecular formula is C21H28F3NO3. The van der Waals surface area contributed by atoms with Crippen LogP contribution in [0.5, 0.6) is 0 Å². The van der Waals surface area contributed by atoms with E-state index in [9.17, 15) is 18.0 Å². The van der Waals surface area contributed by atoms with Gasteiger partial charge < -0.3 is 9.84 Å². The molecule has 3 rings (SSSR count). The van der Waals surface area contributed by atoms with E-state index in [2.05, 4.69) is 4.90 Å². The number of carboxylic acid groups (broad SMARTS) is 1. The van der Waals surface area contributed by atoms with Gasteiger partial charge in [-0.05, 0) is 74.7 Å². The molecule has 2 aliphatic rings. The number of rotatable bonds is 6. The molecule has 28 heavy (non-hydrogen) atoms. The van der Waals surface area contributed by atoms with Crippen molar-refractivity contribution in [1.82, 2.24) is 4.90 Å². The highest BCUT2D eigenvalue weighted by atomic mass is 19.4. The van der Waals surface area contributed by atoms with Crippen LogP contribution in [0.4, 0.5) is 13.2 Å². The largest absolute Gasteiger partial charge is 0.481 e. The second-order valence-corrected chi connectivity index (χ2v) is 8.00. The van der Waals surface area contributed by atoms with Crippen molar-refractivity contribution in [3.05, 3.63) is 35.4 Å². The Balaban J connectivity index is 1.70. The van der Waals surface area contributed by atoms with Gasteiger partial charge in [-0.1, -0.05) is 12.1 Å². The summed E-state index contributed by atoms with van der Waals surface area (Å²) in [7, 11) is 0. The molecule has 2 aliphatic heterocycles. The zero-order chi connectivity index (χ0) is 20.1. The Hall–Kier alpha value is -1.60. The van der Waals surface area contributed by atoms with Gasteiger partial charge in [-0.15, -0.1) is 0 Å². The van der Waals surface area contributed by atoms with E-state index >= 15 is 0 Å². The Morgan fingerprint density at radius 1 is 1.11 bits per heavy atom. The maximum absolute atomic E-state index is 12.9. The first-order valence-corrected chi connectivity index (χ1v) is 10.0. The van der Waals surface area contributed by atoms with E-state index in [1.807, 2.05) is 0 Å². The van der Waals surface area contributed by atoms with E-state index in [1.54, 1.807) is 12.1 Å². The lowest BCUT2D eigenvalue weighted by Gasteiger charge is -2.40. The first kappa shape index (κ1) is 21.1. The smallest absolute Gasteiger partial charge is 0.416 e. The fraction of sp³-hybridized carbons (Fsp3) is 0.667. The highest BCUT2D eigenvalue weighted by molar-refractivity contribution is 5.67. The molecule has 2 fully saturated rings. The highest BCUT2D eigenvalue weighted by Crippen LogP contribution is 2.38. The third-order valence-electron chi connectivity index (χ3n) is 6.07. The van der Waals surface area contributed by atoms with E-state index in [1.165, 1.54) is 0 Å². The quantitative estimate of drug-likeness (QED) is 0.750. The lowest BCUT2D eigenvalue weighted by Crippen LogP contribution is -2.39. The van der Waals surface area contributed by atoms with Crippen LogP contribution < -0.4 is 0 Å². The van der Waals surface area contributed by atoms with Gasteiger partial charge in [0.1, 0.15) is 0 Å². The number of carbonyl (C=O) groups is 1. The average molecular weight is 399 g/mol. The Kier molecular flexibility index (Phi) is 6.99. The van der Waals surface area contributed by atoms with Crippen LogP contribution in [0.1, 0.15) is 55.7 Å². The Morgan fingerprint density at radius 2 is 1.79 bits per heavy atom. The SMILES string of the molecule is O=C(O)CC1CCN(CCC2CCOCC2)[C@H](c2ccc(C(F)(F)F)cc2)C1. The van der Waals surface area contributed by atoms with Gasteiger partial charge in [0.25, 0.3) is 0 Å². The van der Waals surface area contributed by atoms with E-state index < -0.39 is 17.7 Å². The molecule has 0 spiro atoms. The van der Waals surface area contributed by atoms with Crippen molar-refractivity contribution in [3.63, 3.8) is 0 Å². The first-order valence-electron chi connectivity index (χ1n) is 10.0. The molecule has 7 heteroatoms. The molecule has 156 valence electrons. The monoisotopic (exact) mass is 399 g/mol. The summed E-state index contributed by atoms with van der Waals surface area (Å²) < 4.78 is 44.1. The second-order valence-electron chi connectivity index (χ2n) is 8.00. The summed E-state index contributed by atoms with van der Waals surface area (Å²) in [6.07, 6.45) is 0.415. The van der Waals surface area contributed by atoms with Crippen molar-refractivity contribution in [2.24, 2.45) is 11.8 Å². The number of benzene rings is 1. The zero-order valence-electron chi connectivity index (χ0n) is 16.0. The summed E-state index contributed by atoms with van der Waals surface area (Å²) >= 11 is 0. The van der Waals surface area contributed by atoms with E-state index in [0.717, 1.165) is 69.7 Å². The van der Waals surface area contributed by atoms with Crippen LogP contribution >= 0.6 is 0 Å². The third-order valence-corrected chi connectivity index (χ3v) is 6.07. The standard InChI is InChI=1S/C21H28F3NO3/c22-21(23,24)18-3-1-17(2-4-18)19-13-16(14-20(26)27)6-10-25(19)9-5-15-7-11-28-12-8-15/h1-4,15-16,19H,5-14H2,(H,26,27)/t16?,19-/m0/s1. The van der Waals surface area contributed by atoms with Crippen molar-refractivity contribution in [2.45, 2.75) is 50.7 Å². The van der Waals surface area contributed by atoms with Gasteiger partial charge in [0.05, 0.1) is 5.56 Å². The van der Waals surface area contributed by atoms with E-state index in [-0.39, 0.29) is 18.4 Å². The van der Waals surface area contributed by atoms with Crippen molar-refractivity contribution < 1.29 is 27.8 Å². The van der Waals surface area contributed by atoms with Gasteiger partial charge in [-0.2, -0.15) is 13.2 Å². The van der Waals surface area contributed by atoms with Gasteiger partial charge in [-0.25, -0.2) is 0 Å². The van der Waals surface area contributed by atoms with Crippen LogP contribution in [0.2, 0.25) is 0 Å². The van der Waals surface area contributed by atoms with E-state index in [0.29, 0.717) is 12.3 Å². The van der Waals surface area contributed by atoms with Crippen molar-refractivity contribution in [1.29, 1.82) is 0 Å². The predicted molar refractivity (Wildman–Crippen MR) is 98.9 cm³/mol. The lowest BCUT2D eigenvalue weighted by atomic mass is 9.84. The Bertz CT molecular complexity index is 641. The Morgan fingerprint density at radius 3 is 2.39 bits per heavy atom. The molecule has 0 radical (unpaired) electrons. The Labute approximate surface area is 163 Å². The van der Waals surface area contributed by atoms with Gasteiger partial charge in [0.15, 0.2) is 0 Å². The number of nitrogens with zero attached hydrogens (tertiary/aromatic N) is 1. The summed E-state index contributed by atoms with van der Waals surface area (Å²) in [5, 5.41) is 9.14. The summed E-state index contributed by atoms with van der Waals surface area (Å²) in [5.41, 5.74) is 0.193. The van der Waals surface area contributed by atoms with Crippen LogP contribution in [0.25, 0.3) is 0 Å². The molecular weight excluding hydrogens is 371 g/mol. The molecule has 0 amide bonds. The maximum Gasteiger partial charge on any atom is 0.416 e. The normalized spacial score (nSPS) is 25.0. The molecule has 0 aliphatic carbocycles. The van der Waals surface area contributed by atoms with Crippen molar-refractivity contribution in [3.8, 4) is 0 Å². The third kappa shape index (κ3) is 5.70. The fourth-order valence-electron chi connectivity index (χ4n) is 4.41. The summed E-state index contributed by atoms with van der Waals surface area (Å²) in [6, 6.07) is 5.34. The molecule has 1 unspecified atom stereocenters. The zero-order valence-corrected chi connectivity index (χ0v) is 16.0. The van der Waals surface area contributed by atoms with Crippen LogP contribution in [0.3, 0.4) is 0 Å². The van der Waals surface area contributed by atoms with Gasteiger partial charge in [0, 0.05) is 25.7 Å². The lowest BCUT2D eigenvalue weighted by molar-refractivity contribution is -0.139. The summed E-state index contributed by atoms with van der Waals surface area (Å²) in [4.78, 5) is 13.5. The number of hydrogen-bond acceptors (Lipinski definition) is 3. The van der Waals surface area contributed by atoms with E-state index in [4.69, 9.17) is 9.84 Å². The van der Waals surface area contributed by atoms with Crippen LogP contribution in [-0.4, -0.2) is 42.3 Å². The molecule has 2 saturated heterocycles. The minimum absolute atomic E-state index is 0.0276. The first-order chi connectivity index (χ1) is 13.3. The molecule has 1 aromatic carbocycles. The van der Waals surface area contributed by atoms with Gasteiger partial charge >= 0.3 is 12.1 Å². The van der Waals surface area contributed by atoms with Gasteiger partial charge in [-0.3, -0.25) is 9.69 Å². The number of halogens is 3. The highest BCUT2D eigenvalue weighted by Gasteiger charge is 2.33. The molecule has 1 N–H and O–H groups in total. The molecule has 4 nitrogen and oxygen atoms in total. The summed E-state index contributed by atoms with van der Waals surface area (Å²) in [5.74, 6) is -0.130. The molecule has 0 bridgehead atoms. The van der Waals surface area contributed by atoms with Crippen LogP contribution in [0.15, 0.2) is 24.3 Å². The maximum atomic E-state index is 12.9. The number of hydrogen-bond donors (Lipinski definition) is 1. The summed E-state index contributed by atoms with van der Waals surface area (Å²) in [6.45, 7) is 3.27. The number of ether oxygens (including phenoxy) is 1. The molecule has 0 saturated carbocycles. The number of alkyl halides is 3. The second kappa shape index (κ2) is 9.27. The molecule has 2 heterocycles.